The molecule has 0 aliphatic rings. The van der Waals surface area contributed by atoms with Gasteiger partial charge < -0.3 is 19.6 Å². The number of halogens is 2. The van der Waals surface area contributed by atoms with Gasteiger partial charge in [0.15, 0.2) is 0 Å². The summed E-state index contributed by atoms with van der Waals surface area (Å²) < 4.78 is 18.7. The lowest BCUT2D eigenvalue weighted by Gasteiger charge is -2.13. The van der Waals surface area contributed by atoms with E-state index in [4.69, 9.17) is 21.1 Å². The maximum atomic E-state index is 13.5. The van der Waals surface area contributed by atoms with Crippen LogP contribution in [0.15, 0.2) is 70.0 Å². The average molecular weight is 481 g/mol. The van der Waals surface area contributed by atoms with Crippen molar-refractivity contribution in [2.75, 3.05) is 5.32 Å². The summed E-state index contributed by atoms with van der Waals surface area (Å²) >= 11 is 6.16. The Balaban J connectivity index is 1.72. The lowest BCUT2D eigenvalue weighted by molar-refractivity contribution is -0.122. The van der Waals surface area contributed by atoms with Crippen LogP contribution in [0.2, 0.25) is 5.02 Å². The lowest BCUT2D eigenvalue weighted by atomic mass is 9.95. The van der Waals surface area contributed by atoms with Crippen molar-refractivity contribution in [3.05, 3.63) is 93.2 Å². The van der Waals surface area contributed by atoms with Gasteiger partial charge in [0.2, 0.25) is 5.91 Å². The minimum absolute atomic E-state index is 0.0442. The zero-order valence-electron chi connectivity index (χ0n) is 17.1. The van der Waals surface area contributed by atoms with Crippen molar-refractivity contribution in [2.45, 2.75) is 5.92 Å². The van der Waals surface area contributed by atoms with Crippen molar-refractivity contribution < 1.29 is 28.3 Å². The van der Waals surface area contributed by atoms with Crippen LogP contribution < -0.4 is 10.9 Å². The van der Waals surface area contributed by atoms with Crippen LogP contribution in [-0.4, -0.2) is 28.3 Å². The summed E-state index contributed by atoms with van der Waals surface area (Å²) in [4.78, 5) is 51.7. The Hall–Kier alpha value is -4.37. The van der Waals surface area contributed by atoms with Crippen LogP contribution in [0.5, 0.6) is 0 Å². The number of aldehydes is 1. The number of amides is 1. The highest BCUT2D eigenvalue weighted by atomic mass is 35.5. The molecule has 1 amide bonds. The molecule has 0 aliphatic heterocycles. The molecule has 1 atom stereocenters. The van der Waals surface area contributed by atoms with Crippen LogP contribution in [0, 0.1) is 5.82 Å². The van der Waals surface area contributed by atoms with Crippen LogP contribution in [0.3, 0.4) is 0 Å². The van der Waals surface area contributed by atoms with Crippen molar-refractivity contribution in [1.82, 2.24) is 4.98 Å². The normalized spacial score (nSPS) is 11.7. The topological polar surface area (TPSA) is 127 Å². The Morgan fingerprint density at radius 3 is 2.59 bits per heavy atom. The number of carbonyl (C=O) groups is 3. The third-order valence-corrected chi connectivity index (χ3v) is 5.34. The van der Waals surface area contributed by atoms with Gasteiger partial charge in [-0.15, -0.1) is 0 Å². The van der Waals surface area contributed by atoms with E-state index in [2.05, 4.69) is 10.3 Å². The number of anilines is 1. The van der Waals surface area contributed by atoms with Gasteiger partial charge in [-0.25, -0.2) is 19.0 Å². The number of rotatable bonds is 6. The Labute approximate surface area is 195 Å². The molecular formula is C24H14ClFN2O6. The molecular weight excluding hydrogens is 467 g/mol. The van der Waals surface area contributed by atoms with E-state index in [1.165, 1.54) is 42.6 Å². The first kappa shape index (κ1) is 22.8. The van der Waals surface area contributed by atoms with Gasteiger partial charge in [0.25, 0.3) is 0 Å². The molecule has 0 spiro atoms. The fourth-order valence-electron chi connectivity index (χ4n) is 3.43. The highest BCUT2D eigenvalue weighted by molar-refractivity contribution is 6.33. The minimum Gasteiger partial charge on any atom is -0.478 e. The molecule has 34 heavy (non-hydrogen) atoms. The summed E-state index contributed by atoms with van der Waals surface area (Å²) in [6.07, 6.45) is 1.61. The highest BCUT2D eigenvalue weighted by Crippen LogP contribution is 2.34. The molecule has 4 aromatic rings. The summed E-state index contributed by atoms with van der Waals surface area (Å²) in [5, 5.41) is 12.0. The van der Waals surface area contributed by atoms with Crippen molar-refractivity contribution >= 4 is 46.6 Å². The van der Waals surface area contributed by atoms with Gasteiger partial charge in [0.05, 0.1) is 10.6 Å². The van der Waals surface area contributed by atoms with E-state index in [-0.39, 0.29) is 27.6 Å². The number of aromatic nitrogens is 1. The smallest absolute Gasteiger partial charge is 0.336 e. The molecule has 170 valence electrons. The van der Waals surface area contributed by atoms with Gasteiger partial charge in [-0.2, -0.15) is 0 Å². The van der Waals surface area contributed by atoms with Gasteiger partial charge >= 0.3 is 11.6 Å². The van der Waals surface area contributed by atoms with Gasteiger partial charge in [0.1, 0.15) is 29.4 Å². The summed E-state index contributed by atoms with van der Waals surface area (Å²) in [6.45, 7) is 0. The summed E-state index contributed by atoms with van der Waals surface area (Å²) in [7, 11) is 0. The van der Waals surface area contributed by atoms with Gasteiger partial charge in [0, 0.05) is 28.8 Å². The summed E-state index contributed by atoms with van der Waals surface area (Å²) in [5.74, 6) is -3.84. The Morgan fingerprint density at radius 1 is 1.09 bits per heavy atom. The fourth-order valence-corrected chi connectivity index (χ4v) is 3.70. The van der Waals surface area contributed by atoms with Crippen molar-refractivity contribution in [3.8, 4) is 11.1 Å². The second-order valence-corrected chi connectivity index (χ2v) is 7.60. The number of fused-ring (bicyclic) bond motifs is 1. The molecule has 1 unspecified atom stereocenters. The van der Waals surface area contributed by atoms with E-state index >= 15 is 0 Å². The van der Waals surface area contributed by atoms with Crippen LogP contribution in [0.25, 0.3) is 22.1 Å². The molecule has 2 aromatic carbocycles. The molecule has 0 fully saturated rings. The van der Waals surface area contributed by atoms with Crippen molar-refractivity contribution in [1.29, 1.82) is 0 Å². The maximum Gasteiger partial charge on any atom is 0.336 e. The minimum atomic E-state index is -1.30. The molecule has 0 saturated carbocycles. The first-order valence-electron chi connectivity index (χ1n) is 9.75. The van der Waals surface area contributed by atoms with Crippen molar-refractivity contribution in [3.63, 3.8) is 0 Å². The first-order valence-corrected chi connectivity index (χ1v) is 10.1. The maximum absolute atomic E-state index is 13.5. The average Bonchev–Trinajstić information content (AvgIpc) is 2.79. The standard InChI is InChI=1S/C24H14ClFN2O6/c25-19-9-14(26)2-4-15(19)17-10-22(30)34-20-7-12(1-3-16(17)20)18(11-29)23(31)28-21-8-13(24(32)33)5-6-27-21/h1-11,18H,(H,32,33)(H,27,28,31). The number of hydrogen-bond acceptors (Lipinski definition) is 6. The van der Waals surface area contributed by atoms with Crippen LogP contribution in [0.1, 0.15) is 21.8 Å². The van der Waals surface area contributed by atoms with E-state index in [1.807, 2.05) is 0 Å². The van der Waals surface area contributed by atoms with E-state index in [1.54, 1.807) is 6.07 Å². The second kappa shape index (κ2) is 9.24. The molecule has 0 aliphatic carbocycles. The van der Waals surface area contributed by atoms with E-state index in [0.29, 0.717) is 22.8 Å². The predicted molar refractivity (Wildman–Crippen MR) is 122 cm³/mol. The van der Waals surface area contributed by atoms with Gasteiger partial charge in [-0.1, -0.05) is 23.7 Å². The lowest BCUT2D eigenvalue weighted by Crippen LogP contribution is -2.23. The molecule has 8 nitrogen and oxygen atoms in total. The quantitative estimate of drug-likeness (QED) is 0.240. The monoisotopic (exact) mass is 480 g/mol. The van der Waals surface area contributed by atoms with E-state index in [0.717, 1.165) is 12.1 Å². The highest BCUT2D eigenvalue weighted by Gasteiger charge is 2.22. The summed E-state index contributed by atoms with van der Waals surface area (Å²) in [5.41, 5.74) is 0.313. The third-order valence-electron chi connectivity index (χ3n) is 5.03. The molecule has 10 heteroatoms. The largest absolute Gasteiger partial charge is 0.478 e. The van der Waals surface area contributed by atoms with Crippen molar-refractivity contribution in [2.24, 2.45) is 0 Å². The van der Waals surface area contributed by atoms with E-state index < -0.39 is 29.2 Å². The molecule has 0 bridgehead atoms. The molecule has 0 saturated heterocycles. The number of nitrogens with one attached hydrogen (secondary N) is 1. The third kappa shape index (κ3) is 4.55. The Morgan fingerprint density at radius 2 is 1.88 bits per heavy atom. The number of aromatic carboxylic acids is 1. The summed E-state index contributed by atoms with van der Waals surface area (Å²) in [6, 6.07) is 11.8. The Kier molecular flexibility index (Phi) is 6.20. The molecule has 4 rings (SSSR count). The number of benzene rings is 2. The van der Waals surface area contributed by atoms with Crippen LogP contribution >= 0.6 is 11.6 Å². The number of hydrogen-bond donors (Lipinski definition) is 2. The number of carboxylic acids is 1. The van der Waals surface area contributed by atoms with Gasteiger partial charge in [-0.3, -0.25) is 4.79 Å². The van der Waals surface area contributed by atoms with Crippen LogP contribution in [0.4, 0.5) is 10.2 Å². The SMILES string of the molecule is O=CC(C(=O)Nc1cc(C(=O)O)ccn1)c1ccc2c(-c3ccc(F)cc3Cl)cc(=O)oc2c1. The van der Waals surface area contributed by atoms with E-state index in [9.17, 15) is 23.6 Å². The molecule has 2 heterocycles. The molecule has 0 radical (unpaired) electrons. The number of pyridine rings is 1. The first-order chi connectivity index (χ1) is 16.3. The van der Waals surface area contributed by atoms with Gasteiger partial charge in [-0.05, 0) is 42.0 Å². The zero-order valence-corrected chi connectivity index (χ0v) is 17.9. The Bertz CT molecular complexity index is 1520. The number of carboxylic acid groups (broad SMARTS) is 1. The van der Waals surface area contributed by atoms with Crippen LogP contribution in [-0.2, 0) is 9.59 Å². The number of carbonyl (C=O) groups excluding carboxylic acids is 2. The second-order valence-electron chi connectivity index (χ2n) is 7.20. The number of nitrogens with zero attached hydrogens (tertiary/aromatic N) is 1. The molecule has 2 N–H and O–H groups in total. The zero-order chi connectivity index (χ0) is 24.4. The predicted octanol–water partition coefficient (Wildman–Crippen LogP) is 4.27. The molecule has 2 aromatic heterocycles. The fraction of sp³-hybridized carbons (Fsp3) is 0.0417.